The van der Waals surface area contributed by atoms with Gasteiger partial charge in [-0.15, -0.1) is 0 Å². The van der Waals surface area contributed by atoms with Crippen molar-refractivity contribution in [2.45, 2.75) is 26.8 Å². The Morgan fingerprint density at radius 1 is 1.41 bits per heavy atom. The van der Waals surface area contributed by atoms with E-state index in [9.17, 15) is 4.79 Å². The molecule has 17 heavy (non-hydrogen) atoms. The lowest BCUT2D eigenvalue weighted by molar-refractivity contribution is -0.109. The molecule has 0 radical (unpaired) electrons. The first-order chi connectivity index (χ1) is 8.08. The van der Waals surface area contributed by atoms with Gasteiger partial charge in [0.2, 0.25) is 17.6 Å². The average molecular weight is 259 g/mol. The van der Waals surface area contributed by atoms with Crippen molar-refractivity contribution >= 4 is 29.9 Å². The second-order valence-electron chi connectivity index (χ2n) is 3.47. The van der Waals surface area contributed by atoms with Gasteiger partial charge >= 0.3 is 0 Å². The van der Waals surface area contributed by atoms with Gasteiger partial charge in [-0.2, -0.15) is 15.0 Å². The summed E-state index contributed by atoms with van der Waals surface area (Å²) in [5, 5.41) is 4.51. The van der Waals surface area contributed by atoms with E-state index in [1.807, 2.05) is 20.8 Å². The molecule has 0 aliphatic carbocycles. The quantitative estimate of drug-likeness (QED) is 0.581. The Bertz CT molecular complexity index is 386. The zero-order valence-electron chi connectivity index (χ0n) is 9.94. The largest absolute Gasteiger partial charge is 0.354 e. The highest BCUT2D eigenvalue weighted by Gasteiger charge is 2.15. The minimum atomic E-state index is -0.00635. The van der Waals surface area contributed by atoms with Crippen LogP contribution in [0.15, 0.2) is 0 Å². The van der Waals surface area contributed by atoms with Crippen molar-refractivity contribution in [2.75, 3.05) is 16.9 Å². The number of aromatic nitrogens is 3. The number of hydrogen-bond donors (Lipinski definition) is 2. The monoisotopic (exact) mass is 258 g/mol. The first-order valence-corrected chi connectivity index (χ1v) is 5.60. The molecule has 0 aromatic carbocycles. The molecule has 0 atom stereocenters. The van der Waals surface area contributed by atoms with E-state index in [-0.39, 0.29) is 11.3 Å². The summed E-state index contributed by atoms with van der Waals surface area (Å²) in [6.07, 6.45) is 0.560. The molecular formula is C9H15ClN6O. The number of anilines is 2. The molecule has 0 aliphatic heterocycles. The lowest BCUT2D eigenvalue weighted by Gasteiger charge is -2.24. The van der Waals surface area contributed by atoms with Gasteiger partial charge in [-0.25, -0.2) is 5.01 Å². The molecular weight excluding hydrogens is 244 g/mol. The molecule has 0 unspecified atom stereocenters. The molecule has 0 aliphatic rings. The van der Waals surface area contributed by atoms with Gasteiger partial charge in [0.1, 0.15) is 0 Å². The van der Waals surface area contributed by atoms with Crippen molar-refractivity contribution in [3.63, 3.8) is 0 Å². The lowest BCUT2D eigenvalue weighted by Crippen LogP contribution is -2.43. The van der Waals surface area contributed by atoms with E-state index in [4.69, 9.17) is 11.6 Å². The van der Waals surface area contributed by atoms with Gasteiger partial charge in [0.25, 0.3) is 5.95 Å². The number of nitrogens with one attached hydrogen (secondary N) is 2. The fourth-order valence-electron chi connectivity index (χ4n) is 1.18. The molecule has 7 nitrogen and oxygen atoms in total. The summed E-state index contributed by atoms with van der Waals surface area (Å²) in [4.78, 5) is 22.5. The van der Waals surface area contributed by atoms with Crippen LogP contribution < -0.4 is 15.8 Å². The summed E-state index contributed by atoms with van der Waals surface area (Å²) in [5.74, 6) is 0.670. The highest BCUT2D eigenvalue weighted by Crippen LogP contribution is 2.13. The molecule has 1 amide bonds. The Balaban J connectivity index is 3.04. The molecule has 1 aromatic heterocycles. The van der Waals surface area contributed by atoms with Gasteiger partial charge in [0, 0.05) is 12.6 Å². The maximum atomic E-state index is 10.5. The maximum Gasteiger partial charge on any atom is 0.250 e. The van der Waals surface area contributed by atoms with Crippen LogP contribution in [0.4, 0.5) is 11.9 Å². The fraction of sp³-hybridized carbons (Fsp3) is 0.556. The number of hydrazine groups is 1. The van der Waals surface area contributed by atoms with Crippen molar-refractivity contribution in [3.8, 4) is 0 Å². The summed E-state index contributed by atoms with van der Waals surface area (Å²) in [6, 6.07) is -0.00635. The summed E-state index contributed by atoms with van der Waals surface area (Å²) in [5.41, 5.74) is 2.51. The van der Waals surface area contributed by atoms with Crippen LogP contribution in [-0.2, 0) is 4.79 Å². The topological polar surface area (TPSA) is 83.0 Å². The van der Waals surface area contributed by atoms with Crippen LogP contribution in [0, 0.1) is 0 Å². The Labute approximate surface area is 105 Å². The number of carbonyl (C=O) groups is 1. The summed E-state index contributed by atoms with van der Waals surface area (Å²) < 4.78 is 0. The smallest absolute Gasteiger partial charge is 0.250 e. The van der Waals surface area contributed by atoms with E-state index < -0.39 is 0 Å². The molecule has 0 saturated carbocycles. The third-order valence-corrected chi connectivity index (χ3v) is 2.02. The predicted octanol–water partition coefficient (Wildman–Crippen LogP) is 0.833. The van der Waals surface area contributed by atoms with Gasteiger partial charge in [-0.3, -0.25) is 10.2 Å². The first kappa shape index (κ1) is 13.4. The Hall–Kier alpha value is -1.63. The van der Waals surface area contributed by atoms with Crippen molar-refractivity contribution in [3.05, 3.63) is 5.28 Å². The Kier molecular flexibility index (Phi) is 4.89. The third-order valence-electron chi connectivity index (χ3n) is 1.85. The van der Waals surface area contributed by atoms with Crippen LogP contribution in [-0.4, -0.2) is 33.9 Å². The molecule has 94 valence electrons. The minimum absolute atomic E-state index is 0.00635. The summed E-state index contributed by atoms with van der Waals surface area (Å²) in [7, 11) is 0. The highest BCUT2D eigenvalue weighted by molar-refractivity contribution is 6.28. The van der Waals surface area contributed by atoms with E-state index in [1.165, 1.54) is 5.01 Å². The zero-order chi connectivity index (χ0) is 12.8. The van der Waals surface area contributed by atoms with Crippen LogP contribution in [0.3, 0.4) is 0 Å². The molecule has 1 heterocycles. The Morgan fingerprint density at radius 2 is 2.12 bits per heavy atom. The standard InChI is InChI=1S/C9H15ClN6O/c1-4-11-8-13-7(10)14-9(15-8)16(6(2)3)12-5-17/h5-6H,4H2,1-3H3,(H,12,17)(H,11,13,14,15). The van der Waals surface area contributed by atoms with Crippen LogP contribution in [0.25, 0.3) is 0 Å². The second-order valence-corrected chi connectivity index (χ2v) is 3.81. The molecule has 1 rings (SSSR count). The van der Waals surface area contributed by atoms with Crippen LogP contribution in [0.2, 0.25) is 5.28 Å². The molecule has 0 saturated heterocycles. The molecule has 0 fully saturated rings. The maximum absolute atomic E-state index is 10.5. The van der Waals surface area contributed by atoms with Gasteiger partial charge in [-0.1, -0.05) is 0 Å². The third kappa shape index (κ3) is 3.70. The molecule has 0 bridgehead atoms. The zero-order valence-corrected chi connectivity index (χ0v) is 10.7. The fourth-order valence-corrected chi connectivity index (χ4v) is 1.33. The number of carbonyl (C=O) groups excluding carboxylic acids is 1. The van der Waals surface area contributed by atoms with Gasteiger partial charge in [0.05, 0.1) is 0 Å². The SMILES string of the molecule is CCNc1nc(Cl)nc(N(NC=O)C(C)C)n1. The lowest BCUT2D eigenvalue weighted by atomic mass is 10.4. The van der Waals surface area contributed by atoms with E-state index in [1.54, 1.807) is 0 Å². The van der Waals surface area contributed by atoms with E-state index in [0.717, 1.165) is 0 Å². The first-order valence-electron chi connectivity index (χ1n) is 5.23. The predicted molar refractivity (Wildman–Crippen MR) is 65.8 cm³/mol. The van der Waals surface area contributed by atoms with E-state index >= 15 is 0 Å². The van der Waals surface area contributed by atoms with E-state index in [0.29, 0.717) is 24.9 Å². The number of amides is 1. The number of hydrogen-bond acceptors (Lipinski definition) is 6. The molecule has 1 aromatic rings. The normalized spacial score (nSPS) is 10.2. The van der Waals surface area contributed by atoms with Gasteiger partial charge in [-0.05, 0) is 32.4 Å². The van der Waals surface area contributed by atoms with E-state index in [2.05, 4.69) is 25.7 Å². The molecule has 2 N–H and O–H groups in total. The Morgan fingerprint density at radius 3 is 2.65 bits per heavy atom. The number of rotatable bonds is 6. The second kappa shape index (κ2) is 6.19. The van der Waals surface area contributed by atoms with Crippen LogP contribution >= 0.6 is 11.6 Å². The van der Waals surface area contributed by atoms with Crippen molar-refractivity contribution in [2.24, 2.45) is 0 Å². The van der Waals surface area contributed by atoms with Gasteiger partial charge in [0.15, 0.2) is 0 Å². The van der Waals surface area contributed by atoms with Crippen molar-refractivity contribution in [1.82, 2.24) is 20.4 Å². The average Bonchev–Trinajstić information content (AvgIpc) is 2.25. The number of nitrogens with zero attached hydrogens (tertiary/aromatic N) is 4. The number of halogens is 1. The van der Waals surface area contributed by atoms with Gasteiger partial charge < -0.3 is 5.32 Å². The van der Waals surface area contributed by atoms with Crippen molar-refractivity contribution in [1.29, 1.82) is 0 Å². The summed E-state index contributed by atoms with van der Waals surface area (Å²) >= 11 is 5.79. The van der Waals surface area contributed by atoms with Crippen LogP contribution in [0.5, 0.6) is 0 Å². The van der Waals surface area contributed by atoms with Crippen molar-refractivity contribution < 1.29 is 4.79 Å². The highest BCUT2D eigenvalue weighted by atomic mass is 35.5. The molecule has 8 heteroatoms. The van der Waals surface area contributed by atoms with Crippen LogP contribution in [0.1, 0.15) is 20.8 Å². The molecule has 0 spiro atoms. The minimum Gasteiger partial charge on any atom is -0.354 e. The summed E-state index contributed by atoms with van der Waals surface area (Å²) in [6.45, 7) is 6.37.